The van der Waals surface area contributed by atoms with Gasteiger partial charge in [0.25, 0.3) is 11.8 Å². The number of likely N-dealkylation sites (tertiary alicyclic amines) is 1. The number of fused-ring (bicyclic) bond motifs is 1. The lowest BCUT2D eigenvalue weighted by Gasteiger charge is -2.32. The minimum Gasteiger partial charge on any atom is -0.489 e. The Hall–Kier alpha value is -4.46. The molecule has 3 heterocycles. The first-order valence-corrected chi connectivity index (χ1v) is 12.9. The van der Waals surface area contributed by atoms with Crippen molar-refractivity contribution in [2.75, 3.05) is 38.7 Å². The number of halogens is 1. The number of nitrogens with zero attached hydrogens (tertiary/aromatic N) is 3. The maximum atomic E-state index is 13.3. The summed E-state index contributed by atoms with van der Waals surface area (Å²) in [6, 6.07) is 12.7. The van der Waals surface area contributed by atoms with Gasteiger partial charge in [-0.05, 0) is 55.6 Å². The fraction of sp³-hybridized carbons (Fsp3) is 0.300. The fourth-order valence-corrected chi connectivity index (χ4v) is 4.45. The molecule has 1 fully saturated rings. The number of hydrogen-bond donors (Lipinski definition) is 2. The molecule has 2 aliphatic heterocycles. The Bertz CT molecular complexity index is 1480. The maximum absolute atomic E-state index is 13.3. The molecule has 1 saturated heterocycles. The van der Waals surface area contributed by atoms with Gasteiger partial charge in [-0.15, -0.1) is 0 Å². The minimum absolute atomic E-state index is 0.0428. The van der Waals surface area contributed by atoms with Gasteiger partial charge in [0.15, 0.2) is 0 Å². The SMILES string of the molecule is CN1CCC(O)(C#Cc2ccc3c(c2)N(C)C(=O)[C@@H](NC(=O)c2cc(Oc4ccc(F)cc4)ccn2)CO3)CC1. The predicted molar refractivity (Wildman–Crippen MR) is 146 cm³/mol. The minimum atomic E-state index is -1.04. The van der Waals surface area contributed by atoms with Gasteiger partial charge in [-0.25, -0.2) is 4.39 Å². The van der Waals surface area contributed by atoms with E-state index in [-0.39, 0.29) is 24.0 Å². The van der Waals surface area contributed by atoms with Gasteiger partial charge in [0.05, 0.1) is 5.69 Å². The molecule has 2 aliphatic rings. The third-order valence-corrected chi connectivity index (χ3v) is 6.93. The first kappa shape index (κ1) is 27.1. The van der Waals surface area contributed by atoms with Crippen LogP contribution in [0.4, 0.5) is 10.1 Å². The van der Waals surface area contributed by atoms with Crippen LogP contribution < -0.4 is 19.7 Å². The first-order valence-electron chi connectivity index (χ1n) is 12.9. The predicted octanol–water partition coefficient (Wildman–Crippen LogP) is 2.98. The summed E-state index contributed by atoms with van der Waals surface area (Å²) in [5.41, 5.74) is 0.152. The van der Waals surface area contributed by atoms with E-state index < -0.39 is 17.6 Å². The lowest BCUT2D eigenvalue weighted by atomic mass is 9.92. The van der Waals surface area contributed by atoms with E-state index in [0.29, 0.717) is 41.3 Å². The van der Waals surface area contributed by atoms with Gasteiger partial charge in [-0.2, -0.15) is 0 Å². The van der Waals surface area contributed by atoms with Crippen molar-refractivity contribution in [1.82, 2.24) is 15.2 Å². The molecule has 0 bridgehead atoms. The Kier molecular flexibility index (Phi) is 7.69. The molecule has 40 heavy (non-hydrogen) atoms. The van der Waals surface area contributed by atoms with Crippen molar-refractivity contribution >= 4 is 17.5 Å². The van der Waals surface area contributed by atoms with Crippen molar-refractivity contribution in [3.8, 4) is 29.1 Å². The van der Waals surface area contributed by atoms with E-state index in [1.54, 1.807) is 31.3 Å². The summed E-state index contributed by atoms with van der Waals surface area (Å²) in [5, 5.41) is 13.5. The molecule has 2 amide bonds. The molecule has 9 nitrogen and oxygen atoms in total. The fourth-order valence-electron chi connectivity index (χ4n) is 4.45. The molecular weight excluding hydrogens is 515 g/mol. The summed E-state index contributed by atoms with van der Waals surface area (Å²) >= 11 is 0. The Morgan fingerprint density at radius 2 is 1.88 bits per heavy atom. The molecule has 3 aromatic rings. The van der Waals surface area contributed by atoms with E-state index in [9.17, 15) is 19.1 Å². The van der Waals surface area contributed by atoms with E-state index in [2.05, 4.69) is 27.0 Å². The third kappa shape index (κ3) is 6.22. The van der Waals surface area contributed by atoms with E-state index >= 15 is 0 Å². The second-order valence-corrected chi connectivity index (χ2v) is 9.93. The number of rotatable bonds is 4. The quantitative estimate of drug-likeness (QED) is 0.487. The van der Waals surface area contributed by atoms with Gasteiger partial charge >= 0.3 is 0 Å². The molecule has 0 aliphatic carbocycles. The van der Waals surface area contributed by atoms with Crippen molar-refractivity contribution < 1.29 is 28.6 Å². The summed E-state index contributed by atoms with van der Waals surface area (Å²) in [5.74, 6) is 5.91. The van der Waals surface area contributed by atoms with Crippen molar-refractivity contribution in [3.63, 3.8) is 0 Å². The number of carbonyl (C=O) groups excluding carboxylic acids is 2. The highest BCUT2D eigenvalue weighted by molar-refractivity contribution is 6.03. The molecule has 0 saturated carbocycles. The standard InChI is InChI=1S/C30H29FN4O5/c1-34-15-12-30(38,13-16-34)11-9-20-3-8-27-26(17-20)35(2)29(37)25(19-39-27)33-28(36)24-18-23(10-14-32-24)40-22-6-4-21(31)5-7-22/h3-8,10,14,17-18,25,38H,12-13,15-16,19H2,1-2H3,(H,33,36)/t25-/m0/s1. The number of aliphatic hydroxyl groups is 1. The smallest absolute Gasteiger partial charge is 0.270 e. The van der Waals surface area contributed by atoms with Gasteiger partial charge in [0.2, 0.25) is 0 Å². The van der Waals surface area contributed by atoms with Crippen LogP contribution in [0.15, 0.2) is 60.8 Å². The molecule has 5 rings (SSSR count). The Labute approximate surface area is 231 Å². The summed E-state index contributed by atoms with van der Waals surface area (Å²) in [4.78, 5) is 33.9. The third-order valence-electron chi connectivity index (χ3n) is 6.93. The Morgan fingerprint density at radius 1 is 1.12 bits per heavy atom. The molecule has 0 spiro atoms. The summed E-state index contributed by atoms with van der Waals surface area (Å²) in [7, 11) is 3.62. The molecule has 10 heteroatoms. The number of carbonyl (C=O) groups is 2. The lowest BCUT2D eigenvalue weighted by Crippen LogP contribution is -2.49. The zero-order valence-corrected chi connectivity index (χ0v) is 22.2. The van der Waals surface area contributed by atoms with Gasteiger partial charge in [0.1, 0.15) is 47.0 Å². The van der Waals surface area contributed by atoms with Crippen LogP contribution in [-0.4, -0.2) is 72.2 Å². The molecular formula is C30H29FN4O5. The van der Waals surface area contributed by atoms with Gasteiger partial charge in [0, 0.05) is 50.8 Å². The number of piperidine rings is 1. The van der Waals surface area contributed by atoms with E-state index in [1.807, 2.05) is 7.05 Å². The zero-order valence-electron chi connectivity index (χ0n) is 22.2. The van der Waals surface area contributed by atoms with Crippen LogP contribution in [-0.2, 0) is 4.79 Å². The molecule has 0 radical (unpaired) electrons. The van der Waals surface area contributed by atoms with Crippen LogP contribution >= 0.6 is 0 Å². The average Bonchev–Trinajstić information content (AvgIpc) is 3.07. The zero-order chi connectivity index (χ0) is 28.3. The van der Waals surface area contributed by atoms with E-state index in [0.717, 1.165) is 13.1 Å². The van der Waals surface area contributed by atoms with Crippen LogP contribution in [0.5, 0.6) is 17.2 Å². The van der Waals surface area contributed by atoms with Crippen LogP contribution in [0, 0.1) is 17.7 Å². The molecule has 2 N–H and O–H groups in total. The average molecular weight is 545 g/mol. The van der Waals surface area contributed by atoms with Crippen LogP contribution in [0.3, 0.4) is 0 Å². The highest BCUT2D eigenvalue weighted by atomic mass is 19.1. The first-order chi connectivity index (χ1) is 19.2. The molecule has 0 unspecified atom stereocenters. The number of ether oxygens (including phenoxy) is 2. The second kappa shape index (κ2) is 11.3. The number of anilines is 1. The van der Waals surface area contributed by atoms with Crippen molar-refractivity contribution in [1.29, 1.82) is 0 Å². The van der Waals surface area contributed by atoms with E-state index in [1.165, 1.54) is 41.4 Å². The number of aromatic nitrogens is 1. The Morgan fingerprint density at radius 3 is 2.62 bits per heavy atom. The highest BCUT2D eigenvalue weighted by Crippen LogP contribution is 2.32. The van der Waals surface area contributed by atoms with Crippen molar-refractivity contribution in [2.24, 2.45) is 0 Å². The van der Waals surface area contributed by atoms with Crippen molar-refractivity contribution in [2.45, 2.75) is 24.5 Å². The summed E-state index contributed by atoms with van der Waals surface area (Å²) < 4.78 is 24.7. The summed E-state index contributed by atoms with van der Waals surface area (Å²) in [6.07, 6.45) is 2.55. The Balaban J connectivity index is 1.27. The highest BCUT2D eigenvalue weighted by Gasteiger charge is 2.32. The van der Waals surface area contributed by atoms with Crippen molar-refractivity contribution in [3.05, 3.63) is 77.9 Å². The normalized spacial score (nSPS) is 18.4. The number of likely N-dealkylation sites (N-methyl/N-ethyl adjacent to an activating group) is 1. The van der Waals surface area contributed by atoms with Gasteiger partial charge in [-0.3, -0.25) is 14.6 Å². The maximum Gasteiger partial charge on any atom is 0.270 e. The number of benzene rings is 2. The number of pyridine rings is 1. The van der Waals surface area contributed by atoms with Gasteiger partial charge < -0.3 is 29.7 Å². The molecule has 2 aromatic carbocycles. The number of amides is 2. The van der Waals surface area contributed by atoms with Crippen LogP contribution in [0.1, 0.15) is 28.9 Å². The van der Waals surface area contributed by atoms with Crippen LogP contribution in [0.2, 0.25) is 0 Å². The van der Waals surface area contributed by atoms with Gasteiger partial charge in [-0.1, -0.05) is 11.8 Å². The second-order valence-electron chi connectivity index (χ2n) is 9.93. The number of nitrogens with one attached hydrogen (secondary N) is 1. The largest absolute Gasteiger partial charge is 0.489 e. The summed E-state index contributed by atoms with van der Waals surface area (Å²) in [6.45, 7) is 1.47. The topological polar surface area (TPSA) is 104 Å². The molecule has 206 valence electrons. The number of hydrogen-bond acceptors (Lipinski definition) is 7. The monoisotopic (exact) mass is 544 g/mol. The molecule has 1 atom stereocenters. The lowest BCUT2D eigenvalue weighted by molar-refractivity contribution is -0.120. The van der Waals surface area contributed by atoms with E-state index in [4.69, 9.17) is 9.47 Å². The molecule has 1 aromatic heterocycles. The van der Waals surface area contributed by atoms with Crippen LogP contribution in [0.25, 0.3) is 0 Å².